The summed E-state index contributed by atoms with van der Waals surface area (Å²) in [5.74, 6) is 2.00. The van der Waals surface area contributed by atoms with Crippen LogP contribution in [0.15, 0.2) is 43.1 Å². The number of nitrogens with zero attached hydrogens (tertiary/aromatic N) is 3. The van der Waals surface area contributed by atoms with Crippen LogP contribution in [0.25, 0.3) is 10.9 Å². The molecule has 5 heteroatoms. The highest BCUT2D eigenvalue weighted by Gasteiger charge is 2.43. The van der Waals surface area contributed by atoms with Crippen molar-refractivity contribution in [2.75, 3.05) is 26.8 Å². The number of fused-ring (bicyclic) bond motifs is 4. The molecule has 1 aromatic heterocycles. The van der Waals surface area contributed by atoms with E-state index >= 15 is 0 Å². The number of hydrogen-bond acceptors (Lipinski definition) is 5. The third kappa shape index (κ3) is 3.31. The van der Waals surface area contributed by atoms with E-state index in [1.807, 2.05) is 30.5 Å². The highest BCUT2D eigenvalue weighted by atomic mass is 16.5. The summed E-state index contributed by atoms with van der Waals surface area (Å²) < 4.78 is 11.5. The Kier molecular flexibility index (Phi) is 5.11. The molecule has 3 saturated heterocycles. The summed E-state index contributed by atoms with van der Waals surface area (Å²) in [4.78, 5) is 7.01. The Morgan fingerprint density at radius 2 is 2.33 bits per heavy atom. The number of rotatable bonds is 6. The van der Waals surface area contributed by atoms with Gasteiger partial charge in [0.2, 0.25) is 0 Å². The first-order valence-electron chi connectivity index (χ1n) is 9.53. The van der Waals surface area contributed by atoms with Gasteiger partial charge >= 0.3 is 0 Å². The minimum atomic E-state index is -0.157. The third-order valence-corrected chi connectivity index (χ3v) is 6.12. The Hall–Kier alpha value is -2.42. The summed E-state index contributed by atoms with van der Waals surface area (Å²) in [6.07, 6.45) is 6.06. The smallest absolute Gasteiger partial charge is 0.134 e. The van der Waals surface area contributed by atoms with Crippen molar-refractivity contribution in [2.45, 2.75) is 25.0 Å². The van der Waals surface area contributed by atoms with E-state index in [0.29, 0.717) is 11.8 Å². The number of nitriles is 1. The van der Waals surface area contributed by atoms with E-state index in [4.69, 9.17) is 14.7 Å². The molecule has 0 aliphatic carbocycles. The first kappa shape index (κ1) is 18.0. The van der Waals surface area contributed by atoms with Crippen LogP contribution in [0, 0.1) is 23.2 Å². The average Bonchev–Trinajstić information content (AvgIpc) is 2.74. The molecule has 2 bridgehead atoms. The Bertz CT molecular complexity index is 875. The monoisotopic (exact) mass is 363 g/mol. The predicted octanol–water partition coefficient (Wildman–Crippen LogP) is 3.72. The molecular formula is C22H25N3O2. The van der Waals surface area contributed by atoms with Crippen molar-refractivity contribution in [2.24, 2.45) is 11.8 Å². The number of ether oxygens (including phenoxy) is 2. The molecule has 5 rings (SSSR count). The Labute approximate surface area is 160 Å². The van der Waals surface area contributed by atoms with Gasteiger partial charge in [0.15, 0.2) is 0 Å². The van der Waals surface area contributed by atoms with E-state index in [9.17, 15) is 0 Å². The maximum absolute atomic E-state index is 9.13. The van der Waals surface area contributed by atoms with Gasteiger partial charge in [0.25, 0.3) is 0 Å². The maximum atomic E-state index is 9.13. The molecule has 0 saturated carbocycles. The lowest BCUT2D eigenvalue weighted by Crippen LogP contribution is -2.55. The molecule has 27 heavy (non-hydrogen) atoms. The summed E-state index contributed by atoms with van der Waals surface area (Å²) in [5, 5.41) is 10.2. The van der Waals surface area contributed by atoms with E-state index in [1.54, 1.807) is 7.11 Å². The van der Waals surface area contributed by atoms with Crippen molar-refractivity contribution in [3.63, 3.8) is 0 Å². The molecule has 0 radical (unpaired) electrons. The van der Waals surface area contributed by atoms with Gasteiger partial charge in [0, 0.05) is 24.2 Å². The highest BCUT2D eigenvalue weighted by molar-refractivity contribution is 5.84. The van der Waals surface area contributed by atoms with Crippen LogP contribution in [0.1, 0.15) is 24.5 Å². The zero-order valence-corrected chi connectivity index (χ0v) is 15.7. The van der Waals surface area contributed by atoms with Crippen LogP contribution in [-0.2, 0) is 4.74 Å². The molecule has 3 aliphatic rings. The standard InChI is InChI=1S/C22H25N3O2/c1-3-15-14-25-10-7-16(15)12-21(25)22(27-11-8-23)18-6-9-24-20-5-4-17(26-2)13-19(18)20/h3-6,9,13,15-16,21-22H,1,7,10-12,14H2,2H3/t15-,16-,21-,22+/m0/s1. The molecular weight excluding hydrogens is 338 g/mol. The number of benzene rings is 1. The van der Waals surface area contributed by atoms with E-state index in [0.717, 1.165) is 41.7 Å². The van der Waals surface area contributed by atoms with Gasteiger partial charge in [-0.25, -0.2) is 0 Å². The number of hydrogen-bond donors (Lipinski definition) is 0. The molecule has 0 N–H and O–H groups in total. The first-order chi connectivity index (χ1) is 13.2. The zero-order valence-electron chi connectivity index (χ0n) is 15.7. The summed E-state index contributed by atoms with van der Waals surface area (Å²) in [6.45, 7) is 6.21. The third-order valence-electron chi connectivity index (χ3n) is 6.12. The van der Waals surface area contributed by atoms with Crippen LogP contribution in [0.5, 0.6) is 5.75 Å². The van der Waals surface area contributed by atoms with E-state index in [-0.39, 0.29) is 18.8 Å². The Balaban J connectivity index is 1.74. The quantitative estimate of drug-likeness (QED) is 0.732. The molecule has 3 fully saturated rings. The lowest BCUT2D eigenvalue weighted by atomic mass is 9.73. The molecule has 1 aromatic carbocycles. The van der Waals surface area contributed by atoms with Gasteiger partial charge < -0.3 is 9.47 Å². The van der Waals surface area contributed by atoms with Crippen LogP contribution in [0.4, 0.5) is 0 Å². The van der Waals surface area contributed by atoms with Gasteiger partial charge in [-0.1, -0.05) is 6.08 Å². The van der Waals surface area contributed by atoms with Crippen molar-refractivity contribution < 1.29 is 9.47 Å². The molecule has 140 valence electrons. The minimum Gasteiger partial charge on any atom is -0.497 e. The summed E-state index contributed by atoms with van der Waals surface area (Å²) >= 11 is 0. The SMILES string of the molecule is C=C[C@H]1CN2CC[C@H]1C[C@H]2[C@H](OCC#N)c1ccnc2ccc(OC)cc12. The number of pyridine rings is 1. The molecule has 5 nitrogen and oxygen atoms in total. The fourth-order valence-corrected chi connectivity index (χ4v) is 4.75. The van der Waals surface area contributed by atoms with Crippen LogP contribution < -0.4 is 4.74 Å². The van der Waals surface area contributed by atoms with Crippen molar-refractivity contribution >= 4 is 10.9 Å². The zero-order chi connectivity index (χ0) is 18.8. The molecule has 1 unspecified atom stereocenters. The highest BCUT2D eigenvalue weighted by Crippen LogP contribution is 2.43. The summed E-state index contributed by atoms with van der Waals surface area (Å²) in [7, 11) is 1.67. The second-order valence-corrected chi connectivity index (χ2v) is 7.42. The summed E-state index contributed by atoms with van der Waals surface area (Å²) in [5.41, 5.74) is 2.00. The Morgan fingerprint density at radius 1 is 1.44 bits per heavy atom. The molecule has 4 heterocycles. The molecule has 3 aliphatic heterocycles. The van der Waals surface area contributed by atoms with Gasteiger partial charge in [-0.15, -0.1) is 6.58 Å². The predicted molar refractivity (Wildman–Crippen MR) is 104 cm³/mol. The van der Waals surface area contributed by atoms with Gasteiger partial charge in [-0.2, -0.15) is 5.26 Å². The minimum absolute atomic E-state index is 0.0817. The first-order valence-corrected chi connectivity index (χ1v) is 9.53. The van der Waals surface area contributed by atoms with Crippen molar-refractivity contribution in [3.8, 4) is 11.8 Å². The van der Waals surface area contributed by atoms with Gasteiger partial charge in [-0.3, -0.25) is 9.88 Å². The molecule has 5 atom stereocenters. The fourth-order valence-electron chi connectivity index (χ4n) is 4.75. The number of piperidine rings is 3. The van der Waals surface area contributed by atoms with Gasteiger partial charge in [0.05, 0.1) is 18.7 Å². The lowest BCUT2D eigenvalue weighted by molar-refractivity contribution is -0.0675. The van der Waals surface area contributed by atoms with Gasteiger partial charge in [-0.05, 0) is 61.1 Å². The largest absolute Gasteiger partial charge is 0.497 e. The second-order valence-electron chi connectivity index (χ2n) is 7.42. The number of methoxy groups -OCH3 is 1. The second kappa shape index (κ2) is 7.67. The maximum Gasteiger partial charge on any atom is 0.134 e. The fraction of sp³-hybridized carbons (Fsp3) is 0.455. The summed E-state index contributed by atoms with van der Waals surface area (Å²) in [6, 6.07) is 10.4. The molecule has 0 spiro atoms. The molecule has 2 aromatic rings. The van der Waals surface area contributed by atoms with Crippen LogP contribution >= 0.6 is 0 Å². The molecule has 0 amide bonds. The van der Waals surface area contributed by atoms with E-state index in [1.165, 1.54) is 6.42 Å². The van der Waals surface area contributed by atoms with Crippen LogP contribution in [0.3, 0.4) is 0 Å². The lowest BCUT2D eigenvalue weighted by Gasteiger charge is -2.51. The van der Waals surface area contributed by atoms with Crippen LogP contribution in [0.2, 0.25) is 0 Å². The average molecular weight is 363 g/mol. The Morgan fingerprint density at radius 3 is 3.04 bits per heavy atom. The van der Waals surface area contributed by atoms with Crippen molar-refractivity contribution in [1.29, 1.82) is 5.26 Å². The van der Waals surface area contributed by atoms with E-state index < -0.39 is 0 Å². The van der Waals surface area contributed by atoms with Crippen molar-refractivity contribution in [3.05, 3.63) is 48.7 Å². The van der Waals surface area contributed by atoms with Crippen LogP contribution in [-0.4, -0.2) is 42.7 Å². The topological polar surface area (TPSA) is 58.4 Å². The van der Waals surface area contributed by atoms with E-state index in [2.05, 4.69) is 28.6 Å². The normalized spacial score (nSPS) is 27.9. The number of aromatic nitrogens is 1. The van der Waals surface area contributed by atoms with Gasteiger partial charge in [0.1, 0.15) is 18.5 Å². The van der Waals surface area contributed by atoms with Crippen molar-refractivity contribution in [1.82, 2.24) is 9.88 Å².